The van der Waals surface area contributed by atoms with Crippen molar-refractivity contribution in [1.82, 2.24) is 4.98 Å². The van der Waals surface area contributed by atoms with Crippen molar-refractivity contribution in [3.05, 3.63) is 36.3 Å². The van der Waals surface area contributed by atoms with Crippen LogP contribution < -0.4 is 21.5 Å². The Bertz CT molecular complexity index is 761. The minimum Gasteiger partial charge on any atom is -0.455 e. The summed E-state index contributed by atoms with van der Waals surface area (Å²) in [7, 11) is 0. The van der Waals surface area contributed by atoms with Gasteiger partial charge in [-0.25, -0.2) is 14.2 Å². The van der Waals surface area contributed by atoms with E-state index in [9.17, 15) is 9.18 Å². The highest BCUT2D eigenvalue weighted by Crippen LogP contribution is 2.31. The number of pyridine rings is 1. The number of nitrogen functional groups attached to an aromatic ring is 2. The number of nitrogens with zero attached hydrogens (tertiary/aromatic N) is 1. The van der Waals surface area contributed by atoms with Gasteiger partial charge in [0.1, 0.15) is 22.9 Å². The number of amides is 1. The lowest BCUT2D eigenvalue weighted by molar-refractivity contribution is 0.0635. The van der Waals surface area contributed by atoms with Crippen LogP contribution >= 0.6 is 0 Å². The number of nitrogens with one attached hydrogen (secondary N) is 1. The monoisotopic (exact) mass is 364 g/mol. The molecular formula is C18H25FN4O3. The highest BCUT2D eigenvalue weighted by atomic mass is 19.1. The van der Waals surface area contributed by atoms with E-state index in [1.54, 1.807) is 20.8 Å². The van der Waals surface area contributed by atoms with Gasteiger partial charge >= 0.3 is 6.09 Å². The summed E-state index contributed by atoms with van der Waals surface area (Å²) in [5.41, 5.74) is 10.8. The molecule has 0 radical (unpaired) electrons. The van der Waals surface area contributed by atoms with Crippen LogP contribution in [0.2, 0.25) is 0 Å². The number of halogens is 1. The number of carbonyl (C=O) groups excluding carboxylic acids is 1. The molecule has 2 aromatic rings. The molecule has 0 saturated carbocycles. The van der Waals surface area contributed by atoms with Crippen LogP contribution in [0.3, 0.4) is 0 Å². The molecule has 142 valence electrons. The topological polar surface area (TPSA) is 112 Å². The Morgan fingerprint density at radius 1 is 1.19 bits per heavy atom. The Morgan fingerprint density at radius 3 is 2.42 bits per heavy atom. The van der Waals surface area contributed by atoms with Crippen LogP contribution in [0.1, 0.15) is 34.6 Å². The van der Waals surface area contributed by atoms with E-state index in [-0.39, 0.29) is 28.7 Å². The number of rotatable bonds is 3. The Morgan fingerprint density at radius 2 is 1.85 bits per heavy atom. The minimum absolute atomic E-state index is 0.0289. The zero-order valence-electron chi connectivity index (χ0n) is 15.6. The molecular weight excluding hydrogens is 339 g/mol. The van der Waals surface area contributed by atoms with E-state index in [1.165, 1.54) is 24.4 Å². The molecule has 0 bridgehead atoms. The molecule has 5 N–H and O–H groups in total. The molecule has 1 amide bonds. The SMILES string of the molecule is CC.CC(C)(C)OC(=O)Nc1ccc(Oc2ccnc(N)c2N)cc1F. The van der Waals surface area contributed by atoms with Crippen LogP contribution in [-0.2, 0) is 4.74 Å². The number of anilines is 3. The smallest absolute Gasteiger partial charge is 0.412 e. The third-order valence-corrected chi connectivity index (χ3v) is 2.78. The maximum absolute atomic E-state index is 14.1. The van der Waals surface area contributed by atoms with E-state index in [1.807, 2.05) is 13.8 Å². The quantitative estimate of drug-likeness (QED) is 0.736. The normalized spacial score (nSPS) is 10.4. The third kappa shape index (κ3) is 6.12. The first-order chi connectivity index (χ1) is 12.2. The molecule has 7 nitrogen and oxygen atoms in total. The van der Waals surface area contributed by atoms with E-state index in [0.29, 0.717) is 0 Å². The van der Waals surface area contributed by atoms with Crippen molar-refractivity contribution >= 4 is 23.3 Å². The lowest BCUT2D eigenvalue weighted by Gasteiger charge is -2.20. The number of nitrogens with two attached hydrogens (primary N) is 2. The van der Waals surface area contributed by atoms with Gasteiger partial charge in [0, 0.05) is 18.3 Å². The van der Waals surface area contributed by atoms with E-state index in [2.05, 4.69) is 10.3 Å². The molecule has 8 heteroatoms. The van der Waals surface area contributed by atoms with Crippen molar-refractivity contribution in [3.63, 3.8) is 0 Å². The van der Waals surface area contributed by atoms with Gasteiger partial charge in [-0.15, -0.1) is 0 Å². The standard InChI is InChI=1S/C16H19FN4O3.C2H6/c1-16(2,3)24-15(22)21-11-5-4-9(8-10(11)17)23-12-6-7-20-14(19)13(12)18;1-2/h4-8H,18H2,1-3H3,(H2,19,20)(H,21,22);1-2H3. The summed E-state index contributed by atoms with van der Waals surface area (Å²) in [4.78, 5) is 15.5. The van der Waals surface area contributed by atoms with Crippen molar-refractivity contribution < 1.29 is 18.7 Å². The molecule has 0 aliphatic heterocycles. The third-order valence-electron chi connectivity index (χ3n) is 2.78. The molecule has 0 spiro atoms. The zero-order valence-corrected chi connectivity index (χ0v) is 15.6. The van der Waals surface area contributed by atoms with E-state index < -0.39 is 17.5 Å². The van der Waals surface area contributed by atoms with Crippen LogP contribution in [-0.4, -0.2) is 16.7 Å². The van der Waals surface area contributed by atoms with E-state index in [0.717, 1.165) is 6.07 Å². The molecule has 1 aromatic carbocycles. The maximum Gasteiger partial charge on any atom is 0.412 e. The molecule has 0 aliphatic rings. The lowest BCUT2D eigenvalue weighted by atomic mass is 10.2. The van der Waals surface area contributed by atoms with Crippen molar-refractivity contribution in [2.75, 3.05) is 16.8 Å². The van der Waals surface area contributed by atoms with Crippen LogP contribution in [0.15, 0.2) is 30.5 Å². The summed E-state index contributed by atoms with van der Waals surface area (Å²) in [5, 5.41) is 2.33. The molecule has 0 unspecified atom stereocenters. The Balaban J connectivity index is 0.00000163. The van der Waals surface area contributed by atoms with Gasteiger partial charge < -0.3 is 20.9 Å². The van der Waals surface area contributed by atoms with Gasteiger partial charge in [-0.1, -0.05) is 13.8 Å². The molecule has 1 aromatic heterocycles. The largest absolute Gasteiger partial charge is 0.455 e. The number of benzene rings is 1. The Hall–Kier alpha value is -3.03. The lowest BCUT2D eigenvalue weighted by Crippen LogP contribution is -2.27. The van der Waals surface area contributed by atoms with Gasteiger partial charge in [0.25, 0.3) is 0 Å². The summed E-state index contributed by atoms with van der Waals surface area (Å²) in [5.74, 6) is -0.107. The van der Waals surface area contributed by atoms with Crippen molar-refractivity contribution in [3.8, 4) is 11.5 Å². The number of carbonyl (C=O) groups is 1. The maximum atomic E-state index is 14.1. The summed E-state index contributed by atoms with van der Waals surface area (Å²) in [6, 6.07) is 5.46. The minimum atomic E-state index is -0.749. The predicted molar refractivity (Wildman–Crippen MR) is 101 cm³/mol. The van der Waals surface area contributed by atoms with Gasteiger partial charge in [0.15, 0.2) is 11.6 Å². The summed E-state index contributed by atoms with van der Waals surface area (Å²) < 4.78 is 24.7. The van der Waals surface area contributed by atoms with E-state index in [4.69, 9.17) is 20.9 Å². The van der Waals surface area contributed by atoms with Gasteiger partial charge in [-0.05, 0) is 32.9 Å². The Kier molecular flexibility index (Phi) is 7.18. The Labute approximate surface area is 152 Å². The first-order valence-electron chi connectivity index (χ1n) is 8.13. The van der Waals surface area contributed by atoms with Crippen LogP contribution in [0.4, 0.5) is 26.4 Å². The molecule has 0 atom stereocenters. The summed E-state index contributed by atoms with van der Waals surface area (Å²) in [6.07, 6.45) is 0.678. The fourth-order valence-corrected chi connectivity index (χ4v) is 1.76. The van der Waals surface area contributed by atoms with Crippen LogP contribution in [0.25, 0.3) is 0 Å². The molecule has 0 fully saturated rings. The first kappa shape index (κ1) is 21.0. The molecule has 26 heavy (non-hydrogen) atoms. The van der Waals surface area contributed by atoms with Crippen LogP contribution in [0, 0.1) is 5.82 Å². The van der Waals surface area contributed by atoms with Crippen molar-refractivity contribution in [2.24, 2.45) is 0 Å². The van der Waals surface area contributed by atoms with Gasteiger partial charge in [0.2, 0.25) is 0 Å². The summed E-state index contributed by atoms with van der Waals surface area (Å²) in [6.45, 7) is 9.14. The number of ether oxygens (including phenoxy) is 2. The van der Waals surface area contributed by atoms with Crippen molar-refractivity contribution in [1.29, 1.82) is 0 Å². The average Bonchev–Trinajstić information content (AvgIpc) is 2.54. The number of aromatic nitrogens is 1. The number of hydrogen-bond acceptors (Lipinski definition) is 6. The summed E-state index contributed by atoms with van der Waals surface area (Å²) >= 11 is 0. The highest BCUT2D eigenvalue weighted by molar-refractivity contribution is 5.85. The zero-order chi connectivity index (χ0) is 19.9. The van der Waals surface area contributed by atoms with Gasteiger partial charge in [-0.2, -0.15) is 0 Å². The number of hydrogen-bond donors (Lipinski definition) is 3. The second kappa shape index (κ2) is 8.89. The fraction of sp³-hybridized carbons (Fsp3) is 0.333. The average molecular weight is 364 g/mol. The van der Waals surface area contributed by atoms with Crippen LogP contribution in [0.5, 0.6) is 11.5 Å². The van der Waals surface area contributed by atoms with Crippen molar-refractivity contribution in [2.45, 2.75) is 40.2 Å². The van der Waals surface area contributed by atoms with Gasteiger partial charge in [0.05, 0.1) is 5.69 Å². The highest BCUT2D eigenvalue weighted by Gasteiger charge is 2.17. The predicted octanol–water partition coefficient (Wildman–Crippen LogP) is 4.55. The second-order valence-corrected chi connectivity index (χ2v) is 5.98. The van der Waals surface area contributed by atoms with E-state index >= 15 is 0 Å². The molecule has 0 saturated heterocycles. The van der Waals surface area contributed by atoms with Gasteiger partial charge in [-0.3, -0.25) is 5.32 Å². The second-order valence-electron chi connectivity index (χ2n) is 5.98. The molecule has 0 aliphatic carbocycles. The first-order valence-corrected chi connectivity index (χ1v) is 8.13. The molecule has 2 rings (SSSR count). The fourth-order valence-electron chi connectivity index (χ4n) is 1.76. The molecule has 1 heterocycles.